The molecule has 0 radical (unpaired) electrons. The average Bonchev–Trinajstić information content (AvgIpc) is 3.66. The molecule has 1 saturated heterocycles. The van der Waals surface area contributed by atoms with Gasteiger partial charge in [-0.05, 0) is 42.5 Å². The fourth-order valence-electron chi connectivity index (χ4n) is 7.73. The van der Waals surface area contributed by atoms with Crippen LogP contribution >= 0.6 is 0 Å². The highest BCUT2D eigenvalue weighted by atomic mass is 32.2. The van der Waals surface area contributed by atoms with Crippen LogP contribution < -0.4 is 14.9 Å². The molecule has 2 aromatic carbocycles. The Hall–Kier alpha value is -5.31. The van der Waals surface area contributed by atoms with Crippen LogP contribution in [0.4, 0.5) is 42.5 Å². The number of morpholine rings is 1. The Balaban J connectivity index is 1.26. The number of fused-ring (bicyclic) bond motifs is 4. The monoisotopic (exact) mass is 807 g/mol. The average molecular weight is 808 g/mol. The smallest absolute Gasteiger partial charge is 0.378 e. The lowest BCUT2D eigenvalue weighted by Gasteiger charge is -2.29. The van der Waals surface area contributed by atoms with Gasteiger partial charge in [-0.2, -0.15) is 32.1 Å². The van der Waals surface area contributed by atoms with E-state index in [1.165, 1.54) is 10.9 Å². The molecule has 1 aliphatic heterocycles. The van der Waals surface area contributed by atoms with Crippen LogP contribution in [-0.4, -0.2) is 76.4 Å². The summed E-state index contributed by atoms with van der Waals surface area (Å²) in [4.78, 5) is 25.1. The molecule has 8 rings (SSSR count). The number of ether oxygens (including phenoxy) is 1. The van der Waals surface area contributed by atoms with Gasteiger partial charge in [-0.3, -0.25) is 18.9 Å². The Kier molecular flexibility index (Phi) is 9.01. The van der Waals surface area contributed by atoms with Gasteiger partial charge in [0.15, 0.2) is 11.5 Å². The highest BCUT2D eigenvalue weighted by Crippen LogP contribution is 2.68. The van der Waals surface area contributed by atoms with E-state index in [1.807, 2.05) is 0 Å². The van der Waals surface area contributed by atoms with E-state index in [9.17, 15) is 35.2 Å². The lowest BCUT2D eigenvalue weighted by Crippen LogP contribution is -2.38. The van der Waals surface area contributed by atoms with Crippen molar-refractivity contribution in [1.29, 1.82) is 0 Å². The zero-order chi connectivity index (χ0) is 39.9. The van der Waals surface area contributed by atoms with Crippen LogP contribution in [0.1, 0.15) is 46.6 Å². The molecule has 56 heavy (non-hydrogen) atoms. The van der Waals surface area contributed by atoms with E-state index in [-0.39, 0.29) is 41.4 Å². The van der Waals surface area contributed by atoms with Crippen molar-refractivity contribution in [3.05, 3.63) is 82.4 Å². The summed E-state index contributed by atoms with van der Waals surface area (Å²) in [7, 11) is -2.20. The zero-order valence-corrected chi connectivity index (χ0v) is 30.4. The second-order valence-corrected chi connectivity index (χ2v) is 15.8. The maximum absolute atomic E-state index is 15.4. The van der Waals surface area contributed by atoms with Crippen LogP contribution in [0.2, 0.25) is 0 Å². The van der Waals surface area contributed by atoms with Crippen molar-refractivity contribution < 1.29 is 48.7 Å². The van der Waals surface area contributed by atoms with Gasteiger partial charge in [0, 0.05) is 60.4 Å². The van der Waals surface area contributed by atoms with Gasteiger partial charge in [0.05, 0.1) is 36.7 Å². The predicted octanol–water partition coefficient (Wildman–Crippen LogP) is 5.04. The molecule has 1 saturated carbocycles. The molecule has 13 nitrogen and oxygen atoms in total. The van der Waals surface area contributed by atoms with Gasteiger partial charge in [-0.1, -0.05) is 12.1 Å². The first-order valence-electron chi connectivity index (χ1n) is 17.3. The van der Waals surface area contributed by atoms with Gasteiger partial charge >= 0.3 is 6.18 Å². The van der Waals surface area contributed by atoms with Crippen LogP contribution in [0.3, 0.4) is 0 Å². The number of rotatable bonds is 10. The SMILES string of the molecule is Cn1nc(NS(C)(=O)=O)c2cccc(-c3cnc(N4CCOCC4)nc3[C@H](Cc3cc(F)cc(F)c3)NC(=O)Cn3nc(C(F)(F)F)c4c3C(F)(F)[C@@H]3C[C@H]43)c21. The first kappa shape index (κ1) is 37.6. The minimum atomic E-state index is -5.06. The van der Waals surface area contributed by atoms with Crippen LogP contribution in [0.5, 0.6) is 0 Å². The lowest BCUT2D eigenvalue weighted by atomic mass is 9.95. The van der Waals surface area contributed by atoms with Gasteiger partial charge in [-0.25, -0.2) is 27.2 Å². The van der Waals surface area contributed by atoms with Crippen LogP contribution in [0.15, 0.2) is 42.6 Å². The Morgan fingerprint density at radius 3 is 2.46 bits per heavy atom. The number of hydrogen-bond donors (Lipinski definition) is 2. The summed E-state index contributed by atoms with van der Waals surface area (Å²) in [5.41, 5.74) is -1.87. The number of amides is 1. The summed E-state index contributed by atoms with van der Waals surface area (Å²) in [5.74, 6) is -8.72. The topological polar surface area (TPSA) is 149 Å². The number of para-hydroxylation sites is 1. The third kappa shape index (κ3) is 6.90. The predicted molar refractivity (Wildman–Crippen MR) is 186 cm³/mol. The van der Waals surface area contributed by atoms with E-state index in [4.69, 9.17) is 9.72 Å². The number of nitrogens with zero attached hydrogens (tertiary/aromatic N) is 7. The highest BCUT2D eigenvalue weighted by molar-refractivity contribution is 7.92. The number of carbonyl (C=O) groups is 1. The van der Waals surface area contributed by atoms with E-state index in [0.717, 1.165) is 18.4 Å². The number of halogens is 7. The van der Waals surface area contributed by atoms with Crippen LogP contribution in [0.25, 0.3) is 22.0 Å². The fourth-order valence-corrected chi connectivity index (χ4v) is 8.23. The van der Waals surface area contributed by atoms with Crippen molar-refractivity contribution in [3.63, 3.8) is 0 Å². The Labute approximate surface area is 313 Å². The number of alkyl halides is 5. The molecular formula is C35H32F7N9O4S. The molecule has 2 fully saturated rings. The molecule has 0 spiro atoms. The van der Waals surface area contributed by atoms with Crippen molar-refractivity contribution in [2.24, 2.45) is 13.0 Å². The maximum atomic E-state index is 15.4. The second-order valence-electron chi connectivity index (χ2n) is 14.1. The molecule has 3 atom stereocenters. The van der Waals surface area contributed by atoms with Crippen molar-refractivity contribution in [2.45, 2.75) is 43.4 Å². The molecule has 0 unspecified atom stereocenters. The van der Waals surface area contributed by atoms with Crippen LogP contribution in [0, 0.1) is 17.6 Å². The van der Waals surface area contributed by atoms with Crippen LogP contribution in [-0.2, 0) is 51.7 Å². The maximum Gasteiger partial charge on any atom is 0.435 e. The summed E-state index contributed by atoms with van der Waals surface area (Å²) in [6.07, 6.45) is -3.11. The van der Waals surface area contributed by atoms with E-state index in [1.54, 1.807) is 30.1 Å². The molecule has 3 aromatic heterocycles. The summed E-state index contributed by atoms with van der Waals surface area (Å²) in [6, 6.07) is 6.29. The summed E-state index contributed by atoms with van der Waals surface area (Å²) < 4.78 is 136. The van der Waals surface area contributed by atoms with E-state index in [0.29, 0.717) is 53.5 Å². The minimum Gasteiger partial charge on any atom is -0.378 e. The number of aromatic nitrogens is 6. The van der Waals surface area contributed by atoms with Gasteiger partial charge in [0.2, 0.25) is 21.9 Å². The molecular weight excluding hydrogens is 775 g/mol. The number of aryl methyl sites for hydroxylation is 1. The Morgan fingerprint density at radius 2 is 1.79 bits per heavy atom. The van der Waals surface area contributed by atoms with Gasteiger partial charge < -0.3 is 15.0 Å². The number of sulfonamides is 1. The lowest BCUT2D eigenvalue weighted by molar-refractivity contribution is -0.142. The normalized spacial score (nSPS) is 19.5. The zero-order valence-electron chi connectivity index (χ0n) is 29.5. The molecule has 5 aromatic rings. The molecule has 4 heterocycles. The molecule has 21 heteroatoms. The Bertz CT molecular complexity index is 2480. The summed E-state index contributed by atoms with van der Waals surface area (Å²) in [5, 5.41) is 10.9. The van der Waals surface area contributed by atoms with Crippen molar-refractivity contribution in [3.8, 4) is 11.1 Å². The van der Waals surface area contributed by atoms with E-state index in [2.05, 4.69) is 25.2 Å². The highest BCUT2D eigenvalue weighted by Gasteiger charge is 2.68. The molecule has 1 amide bonds. The number of anilines is 2. The molecule has 2 N–H and O–H groups in total. The standard InChI is InChI=1S/C35H32F7N9O4S/c1-49-29-20(4-3-5-21(29)32(47-49)48-56(2,53)54)23-15-43-33(50-6-8-55-9-7-50)45-28(23)25(12-17-10-18(36)13-19(37)11-17)44-26(52)16-51-31-27(30(46-51)35(40,41)42)22-14-24(22)34(31,38)39/h3-5,10-11,13,15,22,24-25H,6-9,12,14,16H2,1-2H3,(H,44,52)(H,47,48)/t22-,24+,25-/m0/s1. The van der Waals surface area contributed by atoms with E-state index >= 15 is 8.78 Å². The first-order valence-corrected chi connectivity index (χ1v) is 19.2. The van der Waals surface area contributed by atoms with E-state index < -0.39 is 81.0 Å². The van der Waals surface area contributed by atoms with Crippen molar-refractivity contribution in [2.75, 3.05) is 42.2 Å². The van der Waals surface area contributed by atoms with Gasteiger partial charge in [0.25, 0.3) is 5.92 Å². The fraction of sp³-hybridized carbons (Fsp3) is 0.400. The number of benzene rings is 2. The molecule has 2 aliphatic carbocycles. The van der Waals surface area contributed by atoms with Crippen molar-refractivity contribution >= 4 is 38.6 Å². The summed E-state index contributed by atoms with van der Waals surface area (Å²) >= 11 is 0. The summed E-state index contributed by atoms with van der Waals surface area (Å²) in [6.45, 7) is 0.397. The van der Waals surface area contributed by atoms with Gasteiger partial charge in [-0.15, -0.1) is 0 Å². The Morgan fingerprint density at radius 1 is 1.07 bits per heavy atom. The van der Waals surface area contributed by atoms with Crippen molar-refractivity contribution in [1.82, 2.24) is 34.8 Å². The third-order valence-corrected chi connectivity index (χ3v) is 10.6. The number of hydrogen-bond acceptors (Lipinski definition) is 9. The first-order chi connectivity index (χ1) is 26.4. The second kappa shape index (κ2) is 13.4. The molecule has 0 bridgehead atoms. The molecule has 296 valence electrons. The largest absolute Gasteiger partial charge is 0.435 e. The third-order valence-electron chi connectivity index (χ3n) is 10.1. The minimum absolute atomic E-state index is 0.0127. The quantitative estimate of drug-likeness (QED) is 0.185. The molecule has 3 aliphatic rings. The number of nitrogens with one attached hydrogen (secondary N) is 2. The number of carbonyl (C=O) groups excluding carboxylic acids is 1. The van der Waals surface area contributed by atoms with Gasteiger partial charge in [0.1, 0.15) is 23.9 Å².